The fraction of sp³-hybridized carbons (Fsp3) is 0.714. The van der Waals surface area contributed by atoms with E-state index in [1.54, 1.807) is 25.8 Å². The maximum absolute atomic E-state index is 12.6. The summed E-state index contributed by atoms with van der Waals surface area (Å²) >= 11 is 0. The molecule has 0 aliphatic carbocycles. The smallest absolute Gasteiger partial charge is 0.349 e. The van der Waals surface area contributed by atoms with Gasteiger partial charge in [0.2, 0.25) is 0 Å². The van der Waals surface area contributed by atoms with Crippen LogP contribution >= 0.6 is 0 Å². The zero-order valence-corrected chi connectivity index (χ0v) is 15.2. The number of guanidine groups is 1. The Hall–Kier alpha value is -1.78. The van der Waals surface area contributed by atoms with E-state index >= 15 is 0 Å². The molecule has 0 saturated carbocycles. The molecule has 142 valence electrons. The van der Waals surface area contributed by atoms with E-state index in [1.807, 2.05) is 0 Å². The van der Waals surface area contributed by atoms with Crippen molar-refractivity contribution >= 4 is 15.8 Å². The summed E-state index contributed by atoms with van der Waals surface area (Å²) in [6.45, 7) is 2.78. The summed E-state index contributed by atoms with van der Waals surface area (Å²) in [5.41, 5.74) is 0. The Balaban J connectivity index is 2.04. The summed E-state index contributed by atoms with van der Waals surface area (Å²) in [5, 5.41) is 2.96. The number of hydrogen-bond donors (Lipinski definition) is 1. The Kier molecular flexibility index (Phi) is 5.35. The molecule has 2 heterocycles. The molecule has 0 radical (unpaired) electrons. The first-order valence-electron chi connectivity index (χ1n) is 7.70. The van der Waals surface area contributed by atoms with Crippen LogP contribution < -0.4 is 5.32 Å². The van der Waals surface area contributed by atoms with Crippen molar-refractivity contribution < 1.29 is 21.6 Å². The Bertz CT molecular complexity index is 740. The molecule has 11 heteroatoms. The van der Waals surface area contributed by atoms with Crippen LogP contribution in [0.15, 0.2) is 17.4 Å². The molecule has 0 unspecified atom stereocenters. The maximum atomic E-state index is 12.6. The topological polar surface area (TPSA) is 79.6 Å². The minimum atomic E-state index is -4.33. The van der Waals surface area contributed by atoms with Gasteiger partial charge in [-0.15, -0.1) is 0 Å². The van der Waals surface area contributed by atoms with Gasteiger partial charge in [0, 0.05) is 32.5 Å². The number of nitrogens with zero attached hydrogens (tertiary/aromatic N) is 4. The van der Waals surface area contributed by atoms with Crippen LogP contribution in [-0.2, 0) is 22.9 Å². The van der Waals surface area contributed by atoms with Gasteiger partial charge in [0.05, 0.1) is 17.0 Å². The average molecular weight is 381 g/mol. The van der Waals surface area contributed by atoms with Crippen LogP contribution in [0.25, 0.3) is 0 Å². The molecule has 7 nitrogen and oxygen atoms in total. The first-order valence-corrected chi connectivity index (χ1v) is 9.35. The lowest BCUT2D eigenvalue weighted by Gasteiger charge is -2.39. The predicted molar refractivity (Wildman–Crippen MR) is 87.9 cm³/mol. The average Bonchev–Trinajstić information content (AvgIpc) is 2.88. The third-order valence-corrected chi connectivity index (χ3v) is 6.64. The quantitative estimate of drug-likeness (QED) is 0.625. The molecule has 0 bridgehead atoms. The Morgan fingerprint density at radius 3 is 2.68 bits per heavy atom. The molecule has 0 spiro atoms. The third-order valence-electron chi connectivity index (χ3n) is 4.11. The van der Waals surface area contributed by atoms with Crippen molar-refractivity contribution in [2.45, 2.75) is 37.9 Å². The van der Waals surface area contributed by atoms with Crippen molar-refractivity contribution in [2.75, 3.05) is 25.9 Å². The number of nitrogens with one attached hydrogen (secondary N) is 1. The first-order chi connectivity index (χ1) is 11.5. The van der Waals surface area contributed by atoms with Gasteiger partial charge in [-0.3, -0.25) is 4.99 Å². The highest BCUT2D eigenvalue weighted by Crippen LogP contribution is 2.23. The van der Waals surface area contributed by atoms with Crippen LogP contribution in [0, 0.1) is 0 Å². The SMILES string of the molecule is CN=C(NCc1nccn1CC(F)(F)F)N1CCS(=O)(=O)C(C)(C)C1. The second-order valence-corrected chi connectivity index (χ2v) is 9.23. The number of aliphatic imine (C=N–C) groups is 1. The van der Waals surface area contributed by atoms with Crippen LogP contribution in [0.3, 0.4) is 0 Å². The van der Waals surface area contributed by atoms with Crippen molar-refractivity contribution in [3.05, 3.63) is 18.2 Å². The molecule has 0 amide bonds. The summed E-state index contributed by atoms with van der Waals surface area (Å²) in [6, 6.07) is 0. The molecule has 25 heavy (non-hydrogen) atoms. The van der Waals surface area contributed by atoms with Gasteiger partial charge in [-0.05, 0) is 13.8 Å². The number of hydrogen-bond acceptors (Lipinski definition) is 4. The second-order valence-electron chi connectivity index (χ2n) is 6.49. The van der Waals surface area contributed by atoms with Crippen molar-refractivity contribution in [1.29, 1.82) is 0 Å². The first kappa shape index (κ1) is 19.5. The zero-order valence-electron chi connectivity index (χ0n) is 14.3. The van der Waals surface area contributed by atoms with Crippen molar-refractivity contribution in [2.24, 2.45) is 4.99 Å². The van der Waals surface area contributed by atoms with E-state index in [4.69, 9.17) is 0 Å². The molecule has 1 saturated heterocycles. The van der Waals surface area contributed by atoms with E-state index in [0.717, 1.165) is 4.57 Å². The number of sulfone groups is 1. The molecule has 1 aromatic heterocycles. The highest BCUT2D eigenvalue weighted by Gasteiger charge is 2.41. The maximum Gasteiger partial charge on any atom is 0.406 e. The molecule has 0 atom stereocenters. The summed E-state index contributed by atoms with van der Waals surface area (Å²) in [7, 11) is -1.64. The Labute approximate surface area is 144 Å². The summed E-state index contributed by atoms with van der Waals surface area (Å²) in [4.78, 5) is 9.83. The van der Waals surface area contributed by atoms with Gasteiger partial charge in [-0.25, -0.2) is 13.4 Å². The molecule has 1 aliphatic heterocycles. The Morgan fingerprint density at radius 2 is 2.12 bits per heavy atom. The zero-order chi connectivity index (χ0) is 18.9. The number of rotatable bonds is 3. The lowest BCUT2D eigenvalue weighted by Crippen LogP contribution is -2.57. The van der Waals surface area contributed by atoms with Crippen molar-refractivity contribution in [3.63, 3.8) is 0 Å². The number of halogens is 3. The van der Waals surface area contributed by atoms with E-state index in [2.05, 4.69) is 15.3 Å². The molecule has 2 rings (SSSR count). The fourth-order valence-corrected chi connectivity index (χ4v) is 4.03. The van der Waals surface area contributed by atoms with Crippen LogP contribution in [0.1, 0.15) is 19.7 Å². The van der Waals surface area contributed by atoms with Crippen LogP contribution in [0.2, 0.25) is 0 Å². The molecule has 1 N–H and O–H groups in total. The molecular formula is C14H22F3N5O2S. The number of imidazole rings is 1. The van der Waals surface area contributed by atoms with Gasteiger partial charge in [-0.1, -0.05) is 0 Å². The summed E-state index contributed by atoms with van der Waals surface area (Å²) in [6.07, 6.45) is -1.76. The van der Waals surface area contributed by atoms with Gasteiger partial charge in [0.15, 0.2) is 15.8 Å². The molecular weight excluding hydrogens is 359 g/mol. The van der Waals surface area contributed by atoms with Crippen LogP contribution in [-0.4, -0.2) is 65.6 Å². The van der Waals surface area contributed by atoms with E-state index in [-0.39, 0.29) is 31.2 Å². The lowest BCUT2D eigenvalue weighted by molar-refractivity contribution is -0.141. The van der Waals surface area contributed by atoms with Gasteiger partial charge in [-0.2, -0.15) is 13.2 Å². The summed E-state index contributed by atoms with van der Waals surface area (Å²) < 4.78 is 61.9. The number of alkyl halides is 3. The van der Waals surface area contributed by atoms with Crippen molar-refractivity contribution in [3.8, 4) is 0 Å². The van der Waals surface area contributed by atoms with E-state index in [1.165, 1.54) is 12.4 Å². The highest BCUT2D eigenvalue weighted by molar-refractivity contribution is 7.92. The minimum absolute atomic E-state index is 0.00337. The summed E-state index contributed by atoms with van der Waals surface area (Å²) in [5.74, 6) is 0.663. The van der Waals surface area contributed by atoms with Gasteiger partial charge in [0.25, 0.3) is 0 Å². The van der Waals surface area contributed by atoms with Crippen LogP contribution in [0.5, 0.6) is 0 Å². The van der Waals surface area contributed by atoms with Crippen molar-refractivity contribution in [1.82, 2.24) is 19.8 Å². The number of aromatic nitrogens is 2. The van der Waals surface area contributed by atoms with E-state index in [0.29, 0.717) is 5.96 Å². The highest BCUT2D eigenvalue weighted by atomic mass is 32.2. The standard InChI is InChI=1S/C14H22F3N5O2S/c1-13(2)9-22(6-7-25(13,23)24)12(18-3)20-8-11-19-4-5-21(11)10-14(15,16)17/h4-5H,6-10H2,1-3H3,(H,18,20). The van der Waals surface area contributed by atoms with E-state index in [9.17, 15) is 21.6 Å². The fourth-order valence-electron chi connectivity index (χ4n) is 2.66. The van der Waals surface area contributed by atoms with Crippen LogP contribution in [0.4, 0.5) is 13.2 Å². The Morgan fingerprint density at radius 1 is 1.44 bits per heavy atom. The predicted octanol–water partition coefficient (Wildman–Crippen LogP) is 1.03. The van der Waals surface area contributed by atoms with Gasteiger partial charge >= 0.3 is 6.18 Å². The van der Waals surface area contributed by atoms with E-state index < -0.39 is 27.3 Å². The van der Waals surface area contributed by atoms with Gasteiger partial charge < -0.3 is 14.8 Å². The molecule has 0 aromatic carbocycles. The lowest BCUT2D eigenvalue weighted by atomic mass is 10.2. The monoisotopic (exact) mass is 381 g/mol. The van der Waals surface area contributed by atoms with Gasteiger partial charge in [0.1, 0.15) is 12.4 Å². The minimum Gasteiger partial charge on any atom is -0.349 e. The molecule has 1 aromatic rings. The normalized spacial score (nSPS) is 20.6. The molecule has 1 fully saturated rings. The molecule has 1 aliphatic rings. The largest absolute Gasteiger partial charge is 0.406 e. The third kappa shape index (κ3) is 4.65. The second kappa shape index (κ2) is 6.85.